The van der Waals surface area contributed by atoms with Gasteiger partial charge in [0.1, 0.15) is 0 Å². The van der Waals surface area contributed by atoms with Gasteiger partial charge in [-0.1, -0.05) is 36.2 Å². The Hall–Kier alpha value is -0.820. The summed E-state index contributed by atoms with van der Waals surface area (Å²) in [6.07, 6.45) is 6.78. The summed E-state index contributed by atoms with van der Waals surface area (Å²) in [5.74, 6) is 0.976. The van der Waals surface area contributed by atoms with Crippen LogP contribution in [0.15, 0.2) is 18.2 Å². The zero-order chi connectivity index (χ0) is 13.0. The molecular weight excluding hydrogens is 218 g/mol. The van der Waals surface area contributed by atoms with E-state index < -0.39 is 0 Å². The van der Waals surface area contributed by atoms with Crippen LogP contribution in [0.4, 0.5) is 0 Å². The number of hydrogen-bond acceptors (Lipinski definition) is 1. The molecule has 0 aromatic heterocycles. The Kier molecular flexibility index (Phi) is 4.82. The Morgan fingerprint density at radius 2 is 1.83 bits per heavy atom. The molecule has 1 heteroatoms. The molecule has 18 heavy (non-hydrogen) atoms. The lowest BCUT2D eigenvalue weighted by atomic mass is 9.99. The summed E-state index contributed by atoms with van der Waals surface area (Å²) in [6, 6.07) is 7.72. The summed E-state index contributed by atoms with van der Waals surface area (Å²) in [7, 11) is 0. The first-order valence-electron chi connectivity index (χ1n) is 7.49. The molecule has 1 aromatic carbocycles. The van der Waals surface area contributed by atoms with Crippen LogP contribution in [-0.4, -0.2) is 12.6 Å². The van der Waals surface area contributed by atoms with E-state index in [2.05, 4.69) is 44.3 Å². The fourth-order valence-electron chi connectivity index (χ4n) is 3.00. The maximum absolute atomic E-state index is 3.65. The highest BCUT2D eigenvalue weighted by molar-refractivity contribution is 5.28. The topological polar surface area (TPSA) is 12.0 Å². The predicted octanol–water partition coefficient (Wildman–Crippen LogP) is 4.01. The minimum absolute atomic E-state index is 0.779. The molecule has 1 aliphatic rings. The molecule has 1 atom stereocenters. The van der Waals surface area contributed by atoms with Crippen LogP contribution in [0.5, 0.6) is 0 Å². The Morgan fingerprint density at radius 3 is 2.39 bits per heavy atom. The van der Waals surface area contributed by atoms with Crippen molar-refractivity contribution in [2.45, 2.75) is 58.9 Å². The highest BCUT2D eigenvalue weighted by atomic mass is 14.9. The van der Waals surface area contributed by atoms with Crippen molar-refractivity contribution in [1.82, 2.24) is 5.32 Å². The molecule has 1 unspecified atom stereocenters. The van der Waals surface area contributed by atoms with Gasteiger partial charge in [0.2, 0.25) is 0 Å². The minimum Gasteiger partial charge on any atom is -0.314 e. The van der Waals surface area contributed by atoms with E-state index in [0.717, 1.165) is 18.5 Å². The van der Waals surface area contributed by atoms with Gasteiger partial charge in [0, 0.05) is 6.04 Å². The number of rotatable bonds is 7. The van der Waals surface area contributed by atoms with Crippen LogP contribution in [-0.2, 0) is 6.42 Å². The monoisotopic (exact) mass is 245 g/mol. The molecule has 0 heterocycles. The largest absolute Gasteiger partial charge is 0.314 e. The summed E-state index contributed by atoms with van der Waals surface area (Å²) < 4.78 is 0. The molecule has 0 amide bonds. The third-order valence-corrected chi connectivity index (χ3v) is 3.92. The first-order valence-corrected chi connectivity index (χ1v) is 7.49. The van der Waals surface area contributed by atoms with Crippen LogP contribution in [0.1, 0.15) is 49.3 Å². The SMILES string of the molecule is CCNC(CCCc1cc(C)cc(C)c1)C1CC1. The molecular formula is C17H27N. The first-order chi connectivity index (χ1) is 8.69. The maximum Gasteiger partial charge on any atom is 0.00953 e. The second kappa shape index (κ2) is 6.38. The molecule has 100 valence electrons. The van der Waals surface area contributed by atoms with Gasteiger partial charge in [0.05, 0.1) is 0 Å². The Labute approximate surface area is 112 Å². The van der Waals surface area contributed by atoms with Gasteiger partial charge in [-0.2, -0.15) is 0 Å². The van der Waals surface area contributed by atoms with Crippen molar-refractivity contribution in [1.29, 1.82) is 0 Å². The van der Waals surface area contributed by atoms with E-state index in [-0.39, 0.29) is 0 Å². The summed E-state index contributed by atoms with van der Waals surface area (Å²) in [6.45, 7) is 7.73. The third-order valence-electron chi connectivity index (χ3n) is 3.92. The Balaban J connectivity index is 1.79. The molecule has 0 aliphatic heterocycles. The van der Waals surface area contributed by atoms with Crippen molar-refractivity contribution >= 4 is 0 Å². The van der Waals surface area contributed by atoms with E-state index in [1.54, 1.807) is 0 Å². The highest BCUT2D eigenvalue weighted by Crippen LogP contribution is 2.34. The standard InChI is InChI=1S/C17H27N/c1-4-18-17(16-8-9-16)7-5-6-15-11-13(2)10-14(3)12-15/h10-12,16-18H,4-9H2,1-3H3. The summed E-state index contributed by atoms with van der Waals surface area (Å²) in [5.41, 5.74) is 4.31. The quantitative estimate of drug-likeness (QED) is 0.765. The number of aryl methyl sites for hydroxylation is 3. The van der Waals surface area contributed by atoms with Crippen LogP contribution >= 0.6 is 0 Å². The molecule has 0 bridgehead atoms. The molecule has 1 fully saturated rings. The van der Waals surface area contributed by atoms with Crippen molar-refractivity contribution in [2.75, 3.05) is 6.54 Å². The van der Waals surface area contributed by atoms with Crippen LogP contribution in [0, 0.1) is 19.8 Å². The molecule has 1 nitrogen and oxygen atoms in total. The fourth-order valence-corrected chi connectivity index (χ4v) is 3.00. The lowest BCUT2D eigenvalue weighted by Crippen LogP contribution is -2.30. The maximum atomic E-state index is 3.65. The van der Waals surface area contributed by atoms with E-state index in [0.29, 0.717) is 0 Å². The molecule has 0 saturated heterocycles. The van der Waals surface area contributed by atoms with Gasteiger partial charge in [0.25, 0.3) is 0 Å². The van der Waals surface area contributed by atoms with Crippen molar-refractivity contribution in [3.63, 3.8) is 0 Å². The number of benzene rings is 1. The van der Waals surface area contributed by atoms with Crippen molar-refractivity contribution < 1.29 is 0 Å². The summed E-state index contributed by atoms with van der Waals surface area (Å²) in [5, 5.41) is 3.65. The van der Waals surface area contributed by atoms with E-state index >= 15 is 0 Å². The highest BCUT2D eigenvalue weighted by Gasteiger charge is 2.29. The van der Waals surface area contributed by atoms with Crippen LogP contribution in [0.3, 0.4) is 0 Å². The molecule has 0 radical (unpaired) electrons. The van der Waals surface area contributed by atoms with Crippen molar-refractivity contribution in [3.05, 3.63) is 34.9 Å². The van der Waals surface area contributed by atoms with Crippen molar-refractivity contribution in [3.8, 4) is 0 Å². The number of nitrogens with one attached hydrogen (secondary N) is 1. The Bertz CT molecular complexity index is 359. The van der Waals surface area contributed by atoms with Gasteiger partial charge < -0.3 is 5.32 Å². The van der Waals surface area contributed by atoms with Gasteiger partial charge in [-0.05, 0) is 64.0 Å². The summed E-state index contributed by atoms with van der Waals surface area (Å²) in [4.78, 5) is 0. The lowest BCUT2D eigenvalue weighted by molar-refractivity contribution is 0.434. The molecule has 1 aliphatic carbocycles. The van der Waals surface area contributed by atoms with E-state index in [9.17, 15) is 0 Å². The third kappa shape index (κ3) is 4.13. The van der Waals surface area contributed by atoms with Gasteiger partial charge in [0.15, 0.2) is 0 Å². The normalized spacial score (nSPS) is 16.8. The lowest BCUT2D eigenvalue weighted by Gasteiger charge is -2.17. The first kappa shape index (κ1) is 13.6. The van der Waals surface area contributed by atoms with Gasteiger partial charge >= 0.3 is 0 Å². The minimum atomic E-state index is 0.779. The summed E-state index contributed by atoms with van der Waals surface area (Å²) >= 11 is 0. The van der Waals surface area contributed by atoms with Gasteiger partial charge in [-0.3, -0.25) is 0 Å². The molecule has 1 saturated carbocycles. The molecule has 1 aromatic rings. The van der Waals surface area contributed by atoms with Crippen LogP contribution < -0.4 is 5.32 Å². The zero-order valence-electron chi connectivity index (χ0n) is 12.1. The second-order valence-corrected chi connectivity index (χ2v) is 5.89. The zero-order valence-corrected chi connectivity index (χ0v) is 12.1. The predicted molar refractivity (Wildman–Crippen MR) is 79.0 cm³/mol. The van der Waals surface area contributed by atoms with Crippen molar-refractivity contribution in [2.24, 2.45) is 5.92 Å². The van der Waals surface area contributed by atoms with Crippen LogP contribution in [0.2, 0.25) is 0 Å². The van der Waals surface area contributed by atoms with E-state index in [1.165, 1.54) is 48.8 Å². The average Bonchev–Trinajstić information content (AvgIpc) is 3.10. The van der Waals surface area contributed by atoms with Gasteiger partial charge in [-0.25, -0.2) is 0 Å². The molecule has 0 spiro atoms. The van der Waals surface area contributed by atoms with E-state index in [4.69, 9.17) is 0 Å². The number of hydrogen-bond donors (Lipinski definition) is 1. The van der Waals surface area contributed by atoms with E-state index in [1.807, 2.05) is 0 Å². The molecule has 2 rings (SSSR count). The average molecular weight is 245 g/mol. The fraction of sp³-hybridized carbons (Fsp3) is 0.647. The second-order valence-electron chi connectivity index (χ2n) is 5.89. The molecule has 1 N–H and O–H groups in total. The van der Waals surface area contributed by atoms with Gasteiger partial charge in [-0.15, -0.1) is 0 Å². The smallest absolute Gasteiger partial charge is 0.00953 e. The Morgan fingerprint density at radius 1 is 1.17 bits per heavy atom. The van der Waals surface area contributed by atoms with Crippen LogP contribution in [0.25, 0.3) is 0 Å².